The molecule has 0 bridgehead atoms. The molecule has 4 aliphatic rings. The highest BCUT2D eigenvalue weighted by Crippen LogP contribution is 2.68. The van der Waals surface area contributed by atoms with Gasteiger partial charge in [-0.25, -0.2) is 0 Å². The van der Waals surface area contributed by atoms with Crippen LogP contribution in [0.5, 0.6) is 5.75 Å². The molecule has 7 atom stereocenters. The maximum Gasteiger partial charge on any atom is 0.155 e. The Morgan fingerprint density at radius 2 is 1.97 bits per heavy atom. The van der Waals surface area contributed by atoms with Crippen LogP contribution in [0.3, 0.4) is 0 Å². The van der Waals surface area contributed by atoms with Crippen molar-refractivity contribution in [1.29, 1.82) is 0 Å². The number of ketones is 1. The zero-order valence-electron chi connectivity index (χ0n) is 19.7. The lowest BCUT2D eigenvalue weighted by molar-refractivity contribution is -0.118. The van der Waals surface area contributed by atoms with Crippen molar-refractivity contribution in [2.75, 3.05) is 6.61 Å². The summed E-state index contributed by atoms with van der Waals surface area (Å²) in [6.07, 6.45) is 10.7. The normalized spacial score (nSPS) is 40.2. The predicted octanol–water partition coefficient (Wildman–Crippen LogP) is 6.74. The largest absolute Gasteiger partial charge is 0.490 e. The monoisotopic (exact) mass is 484 g/mol. The van der Waals surface area contributed by atoms with Gasteiger partial charge in [-0.2, -0.15) is 0 Å². The van der Waals surface area contributed by atoms with Crippen molar-refractivity contribution in [3.05, 3.63) is 53.0 Å². The lowest BCUT2D eigenvalue weighted by Crippen LogP contribution is -2.54. The Labute approximate surface area is 207 Å². The van der Waals surface area contributed by atoms with Crippen LogP contribution < -0.4 is 4.74 Å². The Bertz CT molecular complexity index is 954. The van der Waals surface area contributed by atoms with Crippen molar-refractivity contribution in [2.45, 2.75) is 70.8 Å². The first-order chi connectivity index (χ1) is 15.9. The third-order valence-electron chi connectivity index (χ3n) is 9.68. The average Bonchev–Trinajstić information content (AvgIpc) is 3.11. The molecule has 178 valence electrons. The summed E-state index contributed by atoms with van der Waals surface area (Å²) in [7, 11) is 1.37. The van der Waals surface area contributed by atoms with E-state index in [4.69, 9.17) is 4.74 Å². The molecular formula is C28H36O3S2. The molecule has 0 heterocycles. The quantitative estimate of drug-likeness (QED) is 0.359. The van der Waals surface area contributed by atoms with E-state index in [2.05, 4.69) is 49.8 Å². The van der Waals surface area contributed by atoms with Crippen LogP contribution >= 0.6 is 22.5 Å². The van der Waals surface area contributed by atoms with E-state index in [1.807, 2.05) is 17.6 Å². The van der Waals surface area contributed by atoms with Crippen LogP contribution in [0.25, 0.3) is 0 Å². The molecule has 7 unspecified atom stereocenters. The number of aliphatic hydroxyl groups is 1. The van der Waals surface area contributed by atoms with E-state index in [1.165, 1.54) is 21.9 Å². The minimum atomic E-state index is -0.206. The number of thiol groups is 1. The maximum atomic E-state index is 12.3. The summed E-state index contributed by atoms with van der Waals surface area (Å²) in [5.41, 5.74) is 2.82. The molecule has 0 spiro atoms. The highest BCUT2D eigenvalue weighted by Gasteiger charge is 2.62. The summed E-state index contributed by atoms with van der Waals surface area (Å²) >= 11 is 4.11. The topological polar surface area (TPSA) is 46.5 Å². The van der Waals surface area contributed by atoms with Crippen molar-refractivity contribution in [3.63, 3.8) is 0 Å². The van der Waals surface area contributed by atoms with Gasteiger partial charge in [0.15, 0.2) is 5.78 Å². The Kier molecular flexibility index (Phi) is 6.52. The van der Waals surface area contributed by atoms with Gasteiger partial charge in [0, 0.05) is 6.42 Å². The van der Waals surface area contributed by atoms with E-state index in [0.29, 0.717) is 42.5 Å². The molecule has 1 aromatic rings. The molecule has 1 aromatic carbocycles. The van der Waals surface area contributed by atoms with Gasteiger partial charge in [-0.1, -0.05) is 42.3 Å². The molecule has 0 radical (unpaired) electrons. The number of carbonyl (C=O) groups excluding carboxylic acids is 1. The molecule has 1 N–H and O–H groups in total. The minimum absolute atomic E-state index is 0.0155. The Hall–Kier alpha value is -1.17. The van der Waals surface area contributed by atoms with Gasteiger partial charge in [-0.3, -0.25) is 4.79 Å². The summed E-state index contributed by atoms with van der Waals surface area (Å²) < 4.78 is 5.86. The molecule has 0 aliphatic heterocycles. The molecule has 0 aromatic heterocycles. The van der Waals surface area contributed by atoms with Crippen LogP contribution in [-0.2, 0) is 4.79 Å². The molecule has 5 heteroatoms. The Morgan fingerprint density at radius 3 is 2.73 bits per heavy atom. The lowest BCUT2D eigenvalue weighted by Gasteiger charge is -2.61. The van der Waals surface area contributed by atoms with E-state index in [9.17, 15) is 9.90 Å². The van der Waals surface area contributed by atoms with Crippen molar-refractivity contribution in [1.82, 2.24) is 0 Å². The zero-order valence-corrected chi connectivity index (χ0v) is 21.4. The van der Waals surface area contributed by atoms with Crippen LogP contribution in [0.15, 0.2) is 47.4 Å². The number of carbonyl (C=O) groups is 1. The third-order valence-corrected chi connectivity index (χ3v) is 10.4. The van der Waals surface area contributed by atoms with Crippen molar-refractivity contribution in [2.24, 2.45) is 28.6 Å². The van der Waals surface area contributed by atoms with E-state index >= 15 is 0 Å². The van der Waals surface area contributed by atoms with E-state index in [0.717, 1.165) is 44.3 Å². The fourth-order valence-electron chi connectivity index (χ4n) is 8.08. The second kappa shape index (κ2) is 9.13. The summed E-state index contributed by atoms with van der Waals surface area (Å²) in [4.78, 5) is 12.3. The van der Waals surface area contributed by atoms with Crippen LogP contribution in [0.1, 0.15) is 70.3 Å². The number of allylic oxidation sites excluding steroid dienone is 1. The highest BCUT2D eigenvalue weighted by atomic mass is 33.1. The lowest BCUT2D eigenvalue weighted by atomic mass is 9.44. The highest BCUT2D eigenvalue weighted by molar-refractivity contribution is 8.69. The van der Waals surface area contributed by atoms with Crippen LogP contribution in [-0.4, -0.2) is 23.6 Å². The average molecular weight is 485 g/mol. The first-order valence-electron chi connectivity index (χ1n) is 12.5. The van der Waals surface area contributed by atoms with Gasteiger partial charge in [-0.15, -0.1) is 11.7 Å². The number of fused-ring (bicyclic) bond motifs is 5. The second-order valence-electron chi connectivity index (χ2n) is 11.2. The van der Waals surface area contributed by atoms with Crippen LogP contribution in [0.4, 0.5) is 0 Å². The van der Waals surface area contributed by atoms with E-state index in [1.54, 1.807) is 0 Å². The summed E-state index contributed by atoms with van der Waals surface area (Å²) in [5, 5.41) is 13.0. The fourth-order valence-corrected chi connectivity index (χ4v) is 8.50. The molecule has 3 nitrogen and oxygen atoms in total. The Balaban J connectivity index is 1.50. The van der Waals surface area contributed by atoms with Crippen molar-refractivity contribution < 1.29 is 14.6 Å². The molecule has 0 saturated heterocycles. The third kappa shape index (κ3) is 4.02. The number of hydrogen-bond donors (Lipinski definition) is 2. The summed E-state index contributed by atoms with van der Waals surface area (Å²) in [5.74, 6) is 3.30. The standard InChI is InChI=1S/C28H36O3S2/c1-27-13-12-20(29)16-19(27)6-9-22-24-10-11-25(30)28(24,2)17-23(26(22)27)18-4-7-21(8-5-18)31-14-3-15-33-32/h3-5,7-8,15-16,22-26,30,32H,6,9-14,17H2,1-2H3/b15-3+. The van der Waals surface area contributed by atoms with E-state index < -0.39 is 0 Å². The molecule has 3 fully saturated rings. The van der Waals surface area contributed by atoms with Gasteiger partial charge in [0.2, 0.25) is 0 Å². The minimum Gasteiger partial charge on any atom is -0.490 e. The molecule has 33 heavy (non-hydrogen) atoms. The predicted molar refractivity (Wildman–Crippen MR) is 138 cm³/mol. The Morgan fingerprint density at radius 1 is 1.18 bits per heavy atom. The smallest absolute Gasteiger partial charge is 0.155 e. The van der Waals surface area contributed by atoms with E-state index in [-0.39, 0.29) is 16.9 Å². The van der Waals surface area contributed by atoms with Gasteiger partial charge in [0.25, 0.3) is 0 Å². The maximum absolute atomic E-state index is 12.3. The number of benzene rings is 1. The SMILES string of the molecule is CC12CCC(=O)C=C1CCC1C2C(c2ccc(OC/C=C/SS)cc2)CC2(C)C(O)CCC12. The van der Waals surface area contributed by atoms with Gasteiger partial charge < -0.3 is 9.84 Å². The molecule has 0 amide bonds. The first-order valence-corrected chi connectivity index (χ1v) is 14.4. The molecule has 4 aliphatic carbocycles. The fraction of sp³-hybridized carbons (Fsp3) is 0.607. The van der Waals surface area contributed by atoms with Crippen molar-refractivity contribution >= 4 is 28.2 Å². The van der Waals surface area contributed by atoms with Crippen LogP contribution in [0, 0.1) is 28.6 Å². The van der Waals surface area contributed by atoms with Gasteiger partial charge >= 0.3 is 0 Å². The number of rotatable bonds is 5. The summed E-state index contributed by atoms with van der Waals surface area (Å²) in [6, 6.07) is 8.68. The summed E-state index contributed by atoms with van der Waals surface area (Å²) in [6.45, 7) is 5.32. The molecule has 5 rings (SSSR count). The molecular weight excluding hydrogens is 448 g/mol. The second-order valence-corrected chi connectivity index (χ2v) is 12.3. The van der Waals surface area contributed by atoms with Gasteiger partial charge in [0.05, 0.1) is 6.10 Å². The van der Waals surface area contributed by atoms with Gasteiger partial charge in [-0.05, 0) is 108 Å². The van der Waals surface area contributed by atoms with Gasteiger partial charge in [0.1, 0.15) is 12.4 Å². The van der Waals surface area contributed by atoms with Crippen molar-refractivity contribution in [3.8, 4) is 5.75 Å². The number of aliphatic hydroxyl groups excluding tert-OH is 1. The zero-order chi connectivity index (χ0) is 23.2. The molecule has 3 saturated carbocycles. The number of hydrogen-bond acceptors (Lipinski definition) is 5. The number of ether oxygens (including phenoxy) is 1. The van der Waals surface area contributed by atoms with Crippen LogP contribution in [0.2, 0.25) is 0 Å². The first kappa shape index (κ1) is 23.6.